The van der Waals surface area contributed by atoms with Crippen LogP contribution in [0, 0.1) is 5.92 Å². The van der Waals surface area contributed by atoms with Crippen LogP contribution >= 0.6 is 11.3 Å². The van der Waals surface area contributed by atoms with E-state index in [-0.39, 0.29) is 24.0 Å². The highest BCUT2D eigenvalue weighted by atomic mass is 32.1. The fourth-order valence-corrected chi connectivity index (χ4v) is 4.39. The number of hydrogen-bond donors (Lipinski definition) is 2. The summed E-state index contributed by atoms with van der Waals surface area (Å²) in [6.45, 7) is 2.59. The molecule has 1 aromatic carbocycles. The minimum Gasteiger partial charge on any atom is -0.481 e. The number of aliphatic carboxylic acids is 1. The van der Waals surface area contributed by atoms with Crippen LogP contribution in [-0.4, -0.2) is 28.0 Å². The molecule has 1 saturated carbocycles. The Bertz CT molecular complexity index is 740. The fraction of sp³-hybridized carbons (Fsp3) is 0.429. The monoisotopic (exact) mass is 386 g/mol. The Labute approximate surface area is 164 Å². The molecule has 0 aliphatic heterocycles. The molecule has 0 saturated heterocycles. The molecule has 0 bridgehead atoms. The van der Waals surface area contributed by atoms with E-state index in [0.29, 0.717) is 19.4 Å². The van der Waals surface area contributed by atoms with Crippen LogP contribution in [0.25, 0.3) is 0 Å². The Balaban J connectivity index is 1.68. The second-order valence-corrected chi connectivity index (χ2v) is 8.12. The number of carbonyl (C=O) groups excluding carboxylic acids is 1. The van der Waals surface area contributed by atoms with E-state index in [1.165, 1.54) is 0 Å². The minimum absolute atomic E-state index is 0.0273. The van der Waals surface area contributed by atoms with Crippen molar-refractivity contribution in [3.05, 3.63) is 58.3 Å². The van der Waals surface area contributed by atoms with Gasteiger partial charge in [0.25, 0.3) is 0 Å². The van der Waals surface area contributed by atoms with Crippen LogP contribution in [0.5, 0.6) is 0 Å². The molecule has 1 aliphatic rings. The van der Waals surface area contributed by atoms with Gasteiger partial charge in [-0.15, -0.1) is 11.3 Å². The fourth-order valence-electron chi connectivity index (χ4n) is 3.59. The van der Waals surface area contributed by atoms with Gasteiger partial charge >= 0.3 is 12.0 Å². The number of urea groups is 1. The van der Waals surface area contributed by atoms with Crippen molar-refractivity contribution in [2.75, 3.05) is 0 Å². The molecule has 1 aliphatic carbocycles. The molecule has 144 valence electrons. The first-order chi connectivity index (χ1) is 13.0. The van der Waals surface area contributed by atoms with Crippen LogP contribution in [-0.2, 0) is 11.3 Å². The Morgan fingerprint density at radius 2 is 1.85 bits per heavy atom. The first-order valence-electron chi connectivity index (χ1n) is 9.42. The molecular weight excluding hydrogens is 360 g/mol. The minimum atomic E-state index is -0.725. The zero-order valence-electron chi connectivity index (χ0n) is 15.5. The number of rotatable bonds is 6. The van der Waals surface area contributed by atoms with Gasteiger partial charge in [0.15, 0.2) is 0 Å². The van der Waals surface area contributed by atoms with Gasteiger partial charge in [-0.2, -0.15) is 0 Å². The van der Waals surface area contributed by atoms with Gasteiger partial charge < -0.3 is 15.3 Å². The van der Waals surface area contributed by atoms with Crippen LogP contribution in [0.3, 0.4) is 0 Å². The van der Waals surface area contributed by atoms with E-state index in [0.717, 1.165) is 23.3 Å². The van der Waals surface area contributed by atoms with Crippen molar-refractivity contribution in [3.63, 3.8) is 0 Å². The van der Waals surface area contributed by atoms with E-state index < -0.39 is 5.97 Å². The van der Waals surface area contributed by atoms with E-state index in [9.17, 15) is 9.59 Å². The number of amides is 2. The van der Waals surface area contributed by atoms with Gasteiger partial charge in [0.1, 0.15) is 0 Å². The average Bonchev–Trinajstić information content (AvgIpc) is 3.21. The van der Waals surface area contributed by atoms with Gasteiger partial charge in [-0.25, -0.2) is 4.79 Å². The number of benzene rings is 1. The summed E-state index contributed by atoms with van der Waals surface area (Å²) in [4.78, 5) is 27.2. The molecule has 1 fully saturated rings. The SMILES string of the molecule is CC(c1cccs1)N(Cc1ccccc1)C(=O)NC1CCC(C(=O)O)CC1. The smallest absolute Gasteiger partial charge is 0.318 e. The molecule has 1 unspecified atom stereocenters. The number of hydrogen-bond acceptors (Lipinski definition) is 3. The lowest BCUT2D eigenvalue weighted by molar-refractivity contribution is -0.142. The van der Waals surface area contributed by atoms with Crippen molar-refractivity contribution in [1.29, 1.82) is 0 Å². The van der Waals surface area contributed by atoms with Crippen molar-refractivity contribution in [2.45, 2.75) is 51.2 Å². The van der Waals surface area contributed by atoms with Crippen molar-refractivity contribution in [3.8, 4) is 0 Å². The predicted octanol–water partition coefficient (Wildman–Crippen LogP) is 4.66. The summed E-state index contributed by atoms with van der Waals surface area (Å²) in [5.41, 5.74) is 1.09. The van der Waals surface area contributed by atoms with E-state index in [1.807, 2.05) is 46.7 Å². The first-order valence-corrected chi connectivity index (χ1v) is 10.3. The first kappa shape index (κ1) is 19.4. The predicted molar refractivity (Wildman–Crippen MR) is 107 cm³/mol. The number of carbonyl (C=O) groups is 2. The molecule has 1 atom stereocenters. The maximum atomic E-state index is 13.1. The third kappa shape index (κ3) is 5.10. The lowest BCUT2D eigenvalue weighted by atomic mass is 9.86. The molecule has 6 heteroatoms. The number of carboxylic acid groups (broad SMARTS) is 1. The number of carboxylic acids is 1. The summed E-state index contributed by atoms with van der Waals surface area (Å²) in [5, 5.41) is 14.3. The Morgan fingerprint density at radius 1 is 1.15 bits per heavy atom. The highest BCUT2D eigenvalue weighted by Crippen LogP contribution is 2.28. The van der Waals surface area contributed by atoms with E-state index in [4.69, 9.17) is 5.11 Å². The van der Waals surface area contributed by atoms with Gasteiger partial charge in [0, 0.05) is 17.5 Å². The second kappa shape index (κ2) is 9.04. The van der Waals surface area contributed by atoms with Crippen LogP contribution in [0.15, 0.2) is 47.8 Å². The lowest BCUT2D eigenvalue weighted by Gasteiger charge is -2.33. The van der Waals surface area contributed by atoms with Gasteiger partial charge in [0.2, 0.25) is 0 Å². The highest BCUT2D eigenvalue weighted by molar-refractivity contribution is 7.10. The topological polar surface area (TPSA) is 69.6 Å². The number of thiophene rings is 1. The molecule has 0 radical (unpaired) electrons. The normalized spacial score (nSPS) is 20.6. The number of nitrogens with one attached hydrogen (secondary N) is 1. The van der Waals surface area contributed by atoms with E-state index >= 15 is 0 Å². The summed E-state index contributed by atoms with van der Waals surface area (Å²) in [6, 6.07) is 14.0. The van der Waals surface area contributed by atoms with Gasteiger partial charge in [-0.1, -0.05) is 36.4 Å². The van der Waals surface area contributed by atoms with Crippen molar-refractivity contribution in [1.82, 2.24) is 10.2 Å². The lowest BCUT2D eigenvalue weighted by Crippen LogP contribution is -2.46. The highest BCUT2D eigenvalue weighted by Gasteiger charge is 2.29. The molecule has 2 amide bonds. The Kier molecular flexibility index (Phi) is 6.50. The maximum absolute atomic E-state index is 13.1. The summed E-state index contributed by atoms with van der Waals surface area (Å²) >= 11 is 1.65. The molecule has 0 spiro atoms. The van der Waals surface area contributed by atoms with E-state index in [2.05, 4.69) is 18.3 Å². The summed E-state index contributed by atoms with van der Waals surface area (Å²) in [7, 11) is 0. The van der Waals surface area contributed by atoms with Crippen molar-refractivity contribution in [2.24, 2.45) is 5.92 Å². The maximum Gasteiger partial charge on any atom is 0.318 e. The standard InChI is InChI=1S/C21H26N2O3S/c1-15(19-8-5-13-27-19)23(14-16-6-3-2-4-7-16)21(26)22-18-11-9-17(10-12-18)20(24)25/h2-8,13,15,17-18H,9-12,14H2,1H3,(H,22,26)(H,24,25). The third-order valence-corrected chi connectivity index (χ3v) is 6.33. The van der Waals surface area contributed by atoms with Crippen molar-refractivity contribution < 1.29 is 14.7 Å². The molecule has 5 nitrogen and oxygen atoms in total. The van der Waals surface area contributed by atoms with Crippen LogP contribution < -0.4 is 5.32 Å². The largest absolute Gasteiger partial charge is 0.481 e. The average molecular weight is 387 g/mol. The Morgan fingerprint density at radius 3 is 2.44 bits per heavy atom. The molecule has 27 heavy (non-hydrogen) atoms. The third-order valence-electron chi connectivity index (χ3n) is 5.28. The quantitative estimate of drug-likeness (QED) is 0.758. The van der Waals surface area contributed by atoms with Crippen LogP contribution in [0.2, 0.25) is 0 Å². The zero-order valence-corrected chi connectivity index (χ0v) is 16.3. The molecule has 1 aromatic heterocycles. The zero-order chi connectivity index (χ0) is 19.2. The number of nitrogens with zero attached hydrogens (tertiary/aromatic N) is 1. The summed E-state index contributed by atoms with van der Waals surface area (Å²) < 4.78 is 0. The second-order valence-electron chi connectivity index (χ2n) is 7.14. The van der Waals surface area contributed by atoms with Gasteiger partial charge in [-0.3, -0.25) is 4.79 Å². The van der Waals surface area contributed by atoms with Crippen molar-refractivity contribution >= 4 is 23.3 Å². The van der Waals surface area contributed by atoms with Crippen LogP contribution in [0.1, 0.15) is 49.1 Å². The van der Waals surface area contributed by atoms with Gasteiger partial charge in [0.05, 0.1) is 12.0 Å². The summed E-state index contributed by atoms with van der Waals surface area (Å²) in [5.74, 6) is -1.000. The molecule has 1 heterocycles. The van der Waals surface area contributed by atoms with Gasteiger partial charge in [-0.05, 0) is 49.6 Å². The van der Waals surface area contributed by atoms with Crippen LogP contribution in [0.4, 0.5) is 4.79 Å². The molecule has 2 aromatic rings. The summed E-state index contributed by atoms with van der Waals surface area (Å²) in [6.07, 6.45) is 2.68. The Hall–Kier alpha value is -2.34. The molecular formula is C21H26N2O3S. The molecule has 3 rings (SSSR count). The van der Waals surface area contributed by atoms with E-state index in [1.54, 1.807) is 11.3 Å². The molecule has 2 N–H and O–H groups in total.